The number of carbonyl (C=O) groups is 1. The first-order valence-corrected chi connectivity index (χ1v) is 7.20. The zero-order chi connectivity index (χ0) is 14.5. The standard InChI is InChI=1S/C16H16BrNO2/c1-3-20-15-7-5-4-6-14(15)18-16(19)12-8-11(2)9-13(17)10-12/h4-10H,3H2,1-2H3,(H,18,19). The van der Waals surface area contributed by atoms with Gasteiger partial charge in [0.15, 0.2) is 0 Å². The van der Waals surface area contributed by atoms with Gasteiger partial charge < -0.3 is 10.1 Å². The van der Waals surface area contributed by atoms with E-state index in [9.17, 15) is 4.79 Å². The van der Waals surface area contributed by atoms with E-state index in [1.807, 2.05) is 50.2 Å². The minimum atomic E-state index is -0.151. The van der Waals surface area contributed by atoms with E-state index in [1.165, 1.54) is 0 Å². The third kappa shape index (κ3) is 3.61. The largest absolute Gasteiger partial charge is 0.492 e. The highest BCUT2D eigenvalue weighted by Gasteiger charge is 2.10. The van der Waals surface area contributed by atoms with Crippen molar-refractivity contribution in [2.24, 2.45) is 0 Å². The molecule has 0 saturated carbocycles. The Morgan fingerprint density at radius 3 is 2.70 bits per heavy atom. The van der Waals surface area contributed by atoms with Gasteiger partial charge in [-0.1, -0.05) is 28.1 Å². The summed E-state index contributed by atoms with van der Waals surface area (Å²) in [5.41, 5.74) is 2.32. The molecular weight excluding hydrogens is 318 g/mol. The molecule has 0 atom stereocenters. The summed E-state index contributed by atoms with van der Waals surface area (Å²) in [7, 11) is 0. The van der Waals surface area contributed by atoms with Crippen molar-refractivity contribution in [3.05, 3.63) is 58.1 Å². The maximum Gasteiger partial charge on any atom is 0.255 e. The topological polar surface area (TPSA) is 38.3 Å². The van der Waals surface area contributed by atoms with Gasteiger partial charge in [-0.2, -0.15) is 0 Å². The Bertz CT molecular complexity index is 605. The van der Waals surface area contributed by atoms with E-state index in [4.69, 9.17) is 4.74 Å². The average Bonchev–Trinajstić information content (AvgIpc) is 2.40. The van der Waals surface area contributed by atoms with Crippen LogP contribution in [0.1, 0.15) is 22.8 Å². The SMILES string of the molecule is CCOc1ccccc1NC(=O)c1cc(C)cc(Br)c1. The lowest BCUT2D eigenvalue weighted by molar-refractivity contribution is 0.102. The van der Waals surface area contributed by atoms with E-state index in [-0.39, 0.29) is 5.91 Å². The van der Waals surface area contributed by atoms with E-state index in [2.05, 4.69) is 21.2 Å². The van der Waals surface area contributed by atoms with Gasteiger partial charge in [-0.15, -0.1) is 0 Å². The third-order valence-corrected chi connectivity index (χ3v) is 3.20. The normalized spacial score (nSPS) is 10.2. The van der Waals surface area contributed by atoms with E-state index in [0.717, 1.165) is 10.0 Å². The van der Waals surface area contributed by atoms with Gasteiger partial charge in [-0.05, 0) is 49.7 Å². The van der Waals surface area contributed by atoms with E-state index < -0.39 is 0 Å². The number of nitrogens with one attached hydrogen (secondary N) is 1. The highest BCUT2D eigenvalue weighted by atomic mass is 79.9. The number of ether oxygens (including phenoxy) is 1. The molecule has 3 nitrogen and oxygen atoms in total. The van der Waals surface area contributed by atoms with Gasteiger partial charge in [0.2, 0.25) is 0 Å². The second-order valence-electron chi connectivity index (χ2n) is 4.40. The number of rotatable bonds is 4. The van der Waals surface area contributed by atoms with Gasteiger partial charge in [0, 0.05) is 10.0 Å². The predicted octanol–water partition coefficient (Wildman–Crippen LogP) is 4.41. The molecule has 2 aromatic rings. The maximum absolute atomic E-state index is 12.3. The fraction of sp³-hybridized carbons (Fsp3) is 0.188. The molecule has 0 spiro atoms. The number of halogens is 1. The number of benzene rings is 2. The van der Waals surface area contributed by atoms with Crippen LogP contribution in [0.5, 0.6) is 5.75 Å². The molecule has 0 fully saturated rings. The first-order valence-electron chi connectivity index (χ1n) is 6.40. The first kappa shape index (κ1) is 14.6. The van der Waals surface area contributed by atoms with Gasteiger partial charge in [0.25, 0.3) is 5.91 Å². The molecule has 0 radical (unpaired) electrons. The zero-order valence-corrected chi connectivity index (χ0v) is 13.0. The van der Waals surface area contributed by atoms with Gasteiger partial charge in [-0.25, -0.2) is 0 Å². The monoisotopic (exact) mass is 333 g/mol. The van der Waals surface area contributed by atoms with Crippen molar-refractivity contribution in [2.75, 3.05) is 11.9 Å². The molecule has 2 aromatic carbocycles. The quantitative estimate of drug-likeness (QED) is 0.899. The molecule has 20 heavy (non-hydrogen) atoms. The second-order valence-corrected chi connectivity index (χ2v) is 5.32. The van der Waals surface area contributed by atoms with Crippen molar-refractivity contribution in [1.29, 1.82) is 0 Å². The first-order chi connectivity index (χ1) is 9.60. The number of hydrogen-bond acceptors (Lipinski definition) is 2. The van der Waals surface area contributed by atoms with Crippen LogP contribution in [0.2, 0.25) is 0 Å². The Balaban J connectivity index is 2.23. The fourth-order valence-electron chi connectivity index (χ4n) is 1.91. The Kier molecular flexibility index (Phi) is 4.79. The second kappa shape index (κ2) is 6.57. The van der Waals surface area contributed by atoms with Crippen molar-refractivity contribution >= 4 is 27.5 Å². The molecule has 104 valence electrons. The third-order valence-electron chi connectivity index (χ3n) is 2.74. The summed E-state index contributed by atoms with van der Waals surface area (Å²) in [6.45, 7) is 4.43. The molecule has 1 N–H and O–H groups in total. The number of carbonyl (C=O) groups excluding carboxylic acids is 1. The van der Waals surface area contributed by atoms with E-state index in [1.54, 1.807) is 6.07 Å². The number of anilines is 1. The lowest BCUT2D eigenvalue weighted by Gasteiger charge is -2.11. The van der Waals surface area contributed by atoms with Crippen molar-refractivity contribution in [1.82, 2.24) is 0 Å². The summed E-state index contributed by atoms with van der Waals surface area (Å²) in [5, 5.41) is 2.88. The lowest BCUT2D eigenvalue weighted by Crippen LogP contribution is -2.13. The molecule has 0 aliphatic heterocycles. The highest BCUT2D eigenvalue weighted by molar-refractivity contribution is 9.10. The summed E-state index contributed by atoms with van der Waals surface area (Å²) in [5.74, 6) is 0.525. The van der Waals surface area contributed by atoms with Crippen molar-refractivity contribution < 1.29 is 9.53 Å². The molecule has 0 heterocycles. The van der Waals surface area contributed by atoms with E-state index >= 15 is 0 Å². The minimum absolute atomic E-state index is 0.151. The van der Waals surface area contributed by atoms with Crippen LogP contribution in [0.15, 0.2) is 46.9 Å². The van der Waals surface area contributed by atoms with Crippen LogP contribution >= 0.6 is 15.9 Å². The Labute approximate surface area is 127 Å². The average molecular weight is 334 g/mol. The summed E-state index contributed by atoms with van der Waals surface area (Å²) >= 11 is 3.40. The van der Waals surface area contributed by atoms with Crippen LogP contribution in [0.4, 0.5) is 5.69 Å². The Hall–Kier alpha value is -1.81. The molecule has 0 unspecified atom stereocenters. The van der Waals surface area contributed by atoms with Crippen molar-refractivity contribution in [3.8, 4) is 5.75 Å². The van der Waals surface area contributed by atoms with E-state index in [0.29, 0.717) is 23.6 Å². The summed E-state index contributed by atoms with van der Waals surface area (Å²) in [6, 6.07) is 13.0. The summed E-state index contributed by atoms with van der Waals surface area (Å²) < 4.78 is 6.39. The molecule has 4 heteroatoms. The number of hydrogen-bond donors (Lipinski definition) is 1. The number of amides is 1. The van der Waals surface area contributed by atoms with Gasteiger partial charge >= 0.3 is 0 Å². The fourth-order valence-corrected chi connectivity index (χ4v) is 2.52. The summed E-state index contributed by atoms with van der Waals surface area (Å²) in [4.78, 5) is 12.3. The molecule has 0 aliphatic carbocycles. The molecule has 0 saturated heterocycles. The zero-order valence-electron chi connectivity index (χ0n) is 11.4. The van der Waals surface area contributed by atoms with Crippen LogP contribution in [-0.2, 0) is 0 Å². The maximum atomic E-state index is 12.3. The number of aryl methyl sites for hydroxylation is 1. The van der Waals surface area contributed by atoms with Crippen molar-refractivity contribution in [3.63, 3.8) is 0 Å². The number of para-hydroxylation sites is 2. The minimum Gasteiger partial charge on any atom is -0.492 e. The Morgan fingerprint density at radius 1 is 1.25 bits per heavy atom. The van der Waals surface area contributed by atoms with Gasteiger partial charge in [-0.3, -0.25) is 4.79 Å². The Morgan fingerprint density at radius 2 is 2.00 bits per heavy atom. The molecule has 0 bridgehead atoms. The molecular formula is C16H16BrNO2. The molecule has 1 amide bonds. The van der Waals surface area contributed by atoms with Gasteiger partial charge in [0.1, 0.15) is 5.75 Å². The lowest BCUT2D eigenvalue weighted by atomic mass is 10.1. The van der Waals surface area contributed by atoms with Crippen molar-refractivity contribution in [2.45, 2.75) is 13.8 Å². The summed E-state index contributed by atoms with van der Waals surface area (Å²) in [6.07, 6.45) is 0. The highest BCUT2D eigenvalue weighted by Crippen LogP contribution is 2.25. The van der Waals surface area contributed by atoms with Crippen LogP contribution in [-0.4, -0.2) is 12.5 Å². The molecule has 2 rings (SSSR count). The van der Waals surface area contributed by atoms with Gasteiger partial charge in [0.05, 0.1) is 12.3 Å². The van der Waals surface area contributed by atoms with Crippen LogP contribution in [0.25, 0.3) is 0 Å². The van der Waals surface area contributed by atoms with Crippen LogP contribution in [0.3, 0.4) is 0 Å². The van der Waals surface area contributed by atoms with Crippen LogP contribution < -0.4 is 10.1 Å². The predicted molar refractivity (Wildman–Crippen MR) is 84.4 cm³/mol. The smallest absolute Gasteiger partial charge is 0.255 e. The molecule has 0 aromatic heterocycles. The van der Waals surface area contributed by atoms with Crippen LogP contribution in [0, 0.1) is 6.92 Å². The molecule has 0 aliphatic rings.